The second-order valence-electron chi connectivity index (χ2n) is 4.90. The third-order valence-electron chi connectivity index (χ3n) is 3.17. The average molecular weight is 338 g/mol. The summed E-state index contributed by atoms with van der Waals surface area (Å²) in [7, 11) is 0. The number of carboxylic acids is 1. The highest BCUT2D eigenvalue weighted by atomic mass is 19.2. The maximum absolute atomic E-state index is 13.5. The van der Waals surface area contributed by atoms with Crippen molar-refractivity contribution < 1.29 is 27.9 Å². The normalized spacial score (nSPS) is 11.6. The van der Waals surface area contributed by atoms with Gasteiger partial charge in [0.05, 0.1) is 5.69 Å². The Morgan fingerprint density at radius 2 is 1.67 bits per heavy atom. The smallest absolute Gasteiger partial charge is 0.326 e. The number of benzene rings is 2. The summed E-state index contributed by atoms with van der Waals surface area (Å²) in [5.41, 5.74) is 0.0689. The van der Waals surface area contributed by atoms with Crippen LogP contribution in [0.2, 0.25) is 0 Å². The van der Waals surface area contributed by atoms with Crippen molar-refractivity contribution in [1.29, 1.82) is 0 Å². The highest BCUT2D eigenvalue weighted by Crippen LogP contribution is 2.19. The van der Waals surface area contributed by atoms with Gasteiger partial charge in [-0.25, -0.2) is 22.8 Å². The molecule has 0 spiro atoms. The predicted octanol–water partition coefficient (Wildman–Crippen LogP) is 2.92. The highest BCUT2D eigenvalue weighted by molar-refractivity contribution is 5.92. The van der Waals surface area contributed by atoms with E-state index in [4.69, 9.17) is 5.11 Å². The molecule has 126 valence electrons. The van der Waals surface area contributed by atoms with Gasteiger partial charge in [-0.05, 0) is 17.7 Å². The molecule has 24 heavy (non-hydrogen) atoms. The zero-order chi connectivity index (χ0) is 17.7. The fourth-order valence-corrected chi connectivity index (χ4v) is 1.99. The van der Waals surface area contributed by atoms with Crippen LogP contribution in [0.1, 0.15) is 5.56 Å². The Morgan fingerprint density at radius 3 is 2.29 bits per heavy atom. The molecule has 2 rings (SSSR count). The maximum Gasteiger partial charge on any atom is 0.326 e. The number of hydrogen-bond donors (Lipinski definition) is 3. The van der Waals surface area contributed by atoms with Crippen LogP contribution in [0.15, 0.2) is 42.5 Å². The number of carbonyl (C=O) groups excluding carboxylic acids is 1. The molecular weight excluding hydrogens is 325 g/mol. The van der Waals surface area contributed by atoms with E-state index in [2.05, 4.69) is 5.32 Å². The van der Waals surface area contributed by atoms with Crippen LogP contribution in [-0.2, 0) is 11.2 Å². The molecule has 1 unspecified atom stereocenters. The van der Waals surface area contributed by atoms with Crippen LogP contribution in [-0.4, -0.2) is 23.1 Å². The second-order valence-corrected chi connectivity index (χ2v) is 4.90. The number of rotatable bonds is 5. The fourth-order valence-electron chi connectivity index (χ4n) is 1.99. The summed E-state index contributed by atoms with van der Waals surface area (Å²) in [6.45, 7) is 0. The minimum Gasteiger partial charge on any atom is -0.480 e. The Kier molecular flexibility index (Phi) is 5.41. The number of halogens is 3. The third kappa shape index (κ3) is 4.25. The lowest BCUT2D eigenvalue weighted by Gasteiger charge is -2.15. The molecule has 0 radical (unpaired) electrons. The molecule has 5 nitrogen and oxygen atoms in total. The van der Waals surface area contributed by atoms with Crippen molar-refractivity contribution in [3.63, 3.8) is 0 Å². The van der Waals surface area contributed by atoms with Gasteiger partial charge in [0, 0.05) is 6.42 Å². The molecule has 2 amide bonds. The molecule has 3 N–H and O–H groups in total. The first-order valence-electron chi connectivity index (χ1n) is 6.86. The van der Waals surface area contributed by atoms with Crippen molar-refractivity contribution in [3.8, 4) is 0 Å². The van der Waals surface area contributed by atoms with Crippen molar-refractivity contribution in [2.24, 2.45) is 0 Å². The van der Waals surface area contributed by atoms with E-state index in [0.717, 1.165) is 6.07 Å². The lowest BCUT2D eigenvalue weighted by Crippen LogP contribution is -2.44. The maximum atomic E-state index is 13.5. The summed E-state index contributed by atoms with van der Waals surface area (Å²) >= 11 is 0. The van der Waals surface area contributed by atoms with Gasteiger partial charge < -0.3 is 15.7 Å². The first-order valence-corrected chi connectivity index (χ1v) is 6.86. The van der Waals surface area contributed by atoms with E-state index in [9.17, 15) is 22.8 Å². The quantitative estimate of drug-likeness (QED) is 0.734. The SMILES string of the molecule is O=C(Nc1ccc(F)c(F)c1F)NC(Cc1ccccc1)C(=O)O. The minimum absolute atomic E-state index is 0.00382. The van der Waals surface area contributed by atoms with E-state index in [1.54, 1.807) is 30.3 Å². The van der Waals surface area contributed by atoms with Crippen LogP contribution in [0.5, 0.6) is 0 Å². The zero-order valence-corrected chi connectivity index (χ0v) is 12.2. The summed E-state index contributed by atoms with van der Waals surface area (Å²) in [6, 6.07) is 7.70. The standard InChI is InChI=1S/C16H13F3N2O3/c17-10-6-7-11(14(19)13(10)18)20-16(24)21-12(15(22)23)8-9-4-2-1-3-5-9/h1-7,12H,8H2,(H,22,23)(H2,20,21,24). The second kappa shape index (κ2) is 7.49. The third-order valence-corrected chi connectivity index (χ3v) is 3.17. The van der Waals surface area contributed by atoms with Gasteiger partial charge in [0.25, 0.3) is 0 Å². The van der Waals surface area contributed by atoms with E-state index >= 15 is 0 Å². The summed E-state index contributed by atoms with van der Waals surface area (Å²) in [5, 5.41) is 13.3. The molecule has 2 aromatic rings. The number of urea groups is 1. The molecule has 0 heterocycles. The Morgan fingerprint density at radius 1 is 1.00 bits per heavy atom. The van der Waals surface area contributed by atoms with Gasteiger partial charge in [0.1, 0.15) is 6.04 Å². The Hall–Kier alpha value is -3.03. The highest BCUT2D eigenvalue weighted by Gasteiger charge is 2.22. The van der Waals surface area contributed by atoms with Gasteiger partial charge in [-0.3, -0.25) is 0 Å². The summed E-state index contributed by atoms with van der Waals surface area (Å²) < 4.78 is 39.4. The van der Waals surface area contributed by atoms with Crippen LogP contribution >= 0.6 is 0 Å². The minimum atomic E-state index is -1.73. The van der Waals surface area contributed by atoms with Crippen molar-refractivity contribution in [2.75, 3.05) is 5.32 Å². The van der Waals surface area contributed by atoms with Gasteiger partial charge >= 0.3 is 12.0 Å². The fraction of sp³-hybridized carbons (Fsp3) is 0.125. The van der Waals surface area contributed by atoms with E-state index in [-0.39, 0.29) is 6.42 Å². The molecule has 0 bridgehead atoms. The van der Waals surface area contributed by atoms with Crippen molar-refractivity contribution in [1.82, 2.24) is 5.32 Å². The molecule has 0 aliphatic carbocycles. The number of aliphatic carboxylic acids is 1. The van der Waals surface area contributed by atoms with E-state index in [0.29, 0.717) is 11.6 Å². The number of carbonyl (C=O) groups is 2. The number of anilines is 1. The monoisotopic (exact) mass is 338 g/mol. The number of nitrogens with one attached hydrogen (secondary N) is 2. The van der Waals surface area contributed by atoms with E-state index in [1.165, 1.54) is 0 Å². The molecular formula is C16H13F3N2O3. The van der Waals surface area contributed by atoms with Crippen molar-refractivity contribution in [2.45, 2.75) is 12.5 Å². The molecule has 0 saturated heterocycles. The Bertz CT molecular complexity index is 754. The van der Waals surface area contributed by atoms with Gasteiger partial charge in [0.2, 0.25) is 0 Å². The molecule has 0 fully saturated rings. The van der Waals surface area contributed by atoms with E-state index in [1.807, 2.05) is 5.32 Å². The van der Waals surface area contributed by atoms with E-state index < -0.39 is 41.2 Å². The number of amides is 2. The van der Waals surface area contributed by atoms with Crippen LogP contribution in [0.25, 0.3) is 0 Å². The van der Waals surface area contributed by atoms with Crippen LogP contribution < -0.4 is 10.6 Å². The molecule has 0 saturated carbocycles. The van der Waals surface area contributed by atoms with Crippen molar-refractivity contribution >= 4 is 17.7 Å². The first-order chi connectivity index (χ1) is 11.4. The van der Waals surface area contributed by atoms with Crippen molar-refractivity contribution in [3.05, 3.63) is 65.5 Å². The van der Waals surface area contributed by atoms with Gasteiger partial charge in [-0.1, -0.05) is 30.3 Å². The number of hydrogen-bond acceptors (Lipinski definition) is 2. The first kappa shape index (κ1) is 17.3. The lowest BCUT2D eigenvalue weighted by atomic mass is 10.1. The summed E-state index contributed by atoms with van der Waals surface area (Å²) in [5.74, 6) is -5.99. The Labute approximate surface area is 135 Å². The van der Waals surface area contributed by atoms with Crippen LogP contribution in [0, 0.1) is 17.5 Å². The molecule has 0 aromatic heterocycles. The molecule has 8 heteroatoms. The van der Waals surface area contributed by atoms with Gasteiger partial charge in [-0.15, -0.1) is 0 Å². The van der Waals surface area contributed by atoms with Crippen LogP contribution in [0.4, 0.5) is 23.7 Å². The summed E-state index contributed by atoms with van der Waals surface area (Å²) in [4.78, 5) is 23.0. The lowest BCUT2D eigenvalue weighted by molar-refractivity contribution is -0.139. The molecule has 2 aromatic carbocycles. The molecule has 1 atom stereocenters. The Balaban J connectivity index is 2.06. The largest absolute Gasteiger partial charge is 0.480 e. The van der Waals surface area contributed by atoms with Gasteiger partial charge in [-0.2, -0.15) is 0 Å². The average Bonchev–Trinajstić information content (AvgIpc) is 2.56. The molecule has 0 aliphatic heterocycles. The topological polar surface area (TPSA) is 78.4 Å². The van der Waals surface area contributed by atoms with Crippen LogP contribution in [0.3, 0.4) is 0 Å². The predicted molar refractivity (Wildman–Crippen MR) is 80.0 cm³/mol. The molecule has 0 aliphatic rings. The number of carboxylic acid groups (broad SMARTS) is 1. The zero-order valence-electron chi connectivity index (χ0n) is 12.2. The summed E-state index contributed by atoms with van der Waals surface area (Å²) in [6.07, 6.45) is 0.00382. The van der Waals surface area contributed by atoms with Gasteiger partial charge in [0.15, 0.2) is 17.5 Å².